The number of carbonyl (C=O) groups excluding carboxylic acids is 2. The summed E-state index contributed by atoms with van der Waals surface area (Å²) in [5.74, 6) is -0.322. The maximum absolute atomic E-state index is 12.3. The van der Waals surface area contributed by atoms with E-state index in [2.05, 4.69) is 31.5 Å². The van der Waals surface area contributed by atoms with E-state index < -0.39 is 32.1 Å². The van der Waals surface area contributed by atoms with E-state index in [0.717, 1.165) is 12.1 Å². The first kappa shape index (κ1) is 26.7. The van der Waals surface area contributed by atoms with E-state index in [1.165, 1.54) is 48.5 Å². The summed E-state index contributed by atoms with van der Waals surface area (Å²) in [5.41, 5.74) is 0. The highest BCUT2D eigenvalue weighted by molar-refractivity contribution is 9.10. The molecule has 0 aliphatic rings. The Morgan fingerprint density at radius 2 is 1.11 bits per heavy atom. The molecule has 0 spiro atoms. The lowest BCUT2D eigenvalue weighted by atomic mass is 10.4. The molecule has 11 nitrogen and oxygen atoms in total. The number of nitrogens with one attached hydrogen (secondary N) is 4. The molecule has 3 rings (SSSR count). The van der Waals surface area contributed by atoms with E-state index in [9.17, 15) is 26.4 Å². The Kier molecular flexibility index (Phi) is 8.22. The Morgan fingerprint density at radius 3 is 1.49 bits per heavy atom. The number of aromatic nitrogens is 1. The van der Waals surface area contributed by atoms with Crippen LogP contribution in [0.3, 0.4) is 0 Å². The van der Waals surface area contributed by atoms with E-state index >= 15 is 0 Å². The molecule has 1 aromatic heterocycles. The van der Waals surface area contributed by atoms with Gasteiger partial charge in [0.1, 0.15) is 11.6 Å². The lowest BCUT2D eigenvalue weighted by Gasteiger charge is -2.11. The number of sulfonamides is 2. The van der Waals surface area contributed by atoms with Gasteiger partial charge in [-0.3, -0.25) is 10.6 Å². The number of nitrogens with zero attached hydrogens (tertiary/aromatic N) is 1. The summed E-state index contributed by atoms with van der Waals surface area (Å²) >= 11 is 14.7. The number of anilines is 2. The van der Waals surface area contributed by atoms with Crippen LogP contribution in [0.5, 0.6) is 0 Å². The van der Waals surface area contributed by atoms with Gasteiger partial charge in [0, 0.05) is 14.5 Å². The van der Waals surface area contributed by atoms with Gasteiger partial charge in [-0.15, -0.1) is 0 Å². The summed E-state index contributed by atoms with van der Waals surface area (Å²) in [6.07, 6.45) is 0. The van der Waals surface area contributed by atoms with Gasteiger partial charge in [0.15, 0.2) is 0 Å². The highest BCUT2D eigenvalue weighted by Crippen LogP contribution is 2.20. The second-order valence-electron chi connectivity index (χ2n) is 6.59. The van der Waals surface area contributed by atoms with Gasteiger partial charge in [-0.2, -0.15) is 0 Å². The summed E-state index contributed by atoms with van der Waals surface area (Å²) in [4.78, 5) is 27.9. The molecule has 0 radical (unpaired) electrons. The molecular formula is C19H14BrCl2N5O6S2. The first-order valence-corrected chi connectivity index (χ1v) is 13.7. The Morgan fingerprint density at radius 1 is 0.714 bits per heavy atom. The van der Waals surface area contributed by atoms with Crippen LogP contribution in [0.25, 0.3) is 0 Å². The second kappa shape index (κ2) is 10.8. The SMILES string of the molecule is O=C(Nc1cc(Br)cc(NC(=O)NS(=O)(=O)c2cccc(Cl)c2)n1)NS(=O)(=O)c1cccc(Cl)c1. The zero-order valence-electron chi connectivity index (χ0n) is 17.1. The molecule has 0 unspecified atom stereocenters. The molecule has 4 N–H and O–H groups in total. The highest BCUT2D eigenvalue weighted by Gasteiger charge is 2.20. The van der Waals surface area contributed by atoms with Crippen molar-refractivity contribution < 1.29 is 26.4 Å². The minimum atomic E-state index is -4.23. The quantitative estimate of drug-likeness (QED) is 0.320. The molecule has 0 fully saturated rings. The van der Waals surface area contributed by atoms with Crippen molar-refractivity contribution in [2.24, 2.45) is 0 Å². The lowest BCUT2D eigenvalue weighted by molar-refractivity contribution is 0.255. The van der Waals surface area contributed by atoms with Crippen LogP contribution in [0.15, 0.2) is 74.9 Å². The zero-order valence-corrected chi connectivity index (χ0v) is 21.9. The van der Waals surface area contributed by atoms with Crippen molar-refractivity contribution in [3.05, 3.63) is 75.2 Å². The third-order valence-corrected chi connectivity index (χ3v) is 7.53. The van der Waals surface area contributed by atoms with Gasteiger partial charge in [0.05, 0.1) is 9.79 Å². The number of halogens is 3. The number of carbonyl (C=O) groups is 2. The van der Waals surface area contributed by atoms with Crippen LogP contribution in [0, 0.1) is 0 Å². The van der Waals surface area contributed by atoms with Crippen LogP contribution in [-0.4, -0.2) is 33.9 Å². The Bertz CT molecular complexity index is 1410. The highest BCUT2D eigenvalue weighted by atomic mass is 79.9. The smallest absolute Gasteiger partial charge is 0.291 e. The summed E-state index contributed by atoms with van der Waals surface area (Å²) in [7, 11) is -8.47. The first-order valence-electron chi connectivity index (χ1n) is 9.20. The molecule has 2 aromatic carbocycles. The van der Waals surface area contributed by atoms with Crippen LogP contribution in [0.4, 0.5) is 21.2 Å². The molecule has 0 saturated heterocycles. The summed E-state index contributed by atoms with van der Waals surface area (Å²) in [6.45, 7) is 0. The Labute approximate surface area is 218 Å². The second-order valence-corrected chi connectivity index (χ2v) is 11.7. The first-order chi connectivity index (χ1) is 16.3. The van der Waals surface area contributed by atoms with E-state index in [1.54, 1.807) is 9.44 Å². The van der Waals surface area contributed by atoms with Crippen molar-refractivity contribution in [1.29, 1.82) is 0 Å². The standard InChI is InChI=1S/C19H14BrCl2N5O6S2/c20-11-7-16(24-18(28)26-34(30,31)14-5-1-3-12(21)9-14)23-17(8-11)25-19(29)27-35(32,33)15-6-2-4-13(22)10-15/h1-10H,(H4,23,24,25,26,27,28,29). The normalized spacial score (nSPS) is 11.4. The van der Waals surface area contributed by atoms with Crippen LogP contribution >= 0.6 is 39.1 Å². The van der Waals surface area contributed by atoms with E-state index in [1.807, 2.05) is 0 Å². The van der Waals surface area contributed by atoms with Crippen LogP contribution in [-0.2, 0) is 20.0 Å². The average Bonchev–Trinajstić information content (AvgIpc) is 2.72. The molecule has 0 aliphatic carbocycles. The van der Waals surface area contributed by atoms with Crippen molar-refractivity contribution in [3.63, 3.8) is 0 Å². The molecule has 3 aromatic rings. The predicted octanol–water partition coefficient (Wildman–Crippen LogP) is 4.17. The number of hydrogen-bond acceptors (Lipinski definition) is 7. The van der Waals surface area contributed by atoms with Gasteiger partial charge >= 0.3 is 12.1 Å². The number of urea groups is 2. The maximum atomic E-state index is 12.3. The molecule has 4 amide bonds. The molecule has 0 atom stereocenters. The van der Waals surface area contributed by atoms with E-state index in [4.69, 9.17) is 23.2 Å². The molecular weight excluding hydrogens is 609 g/mol. The molecule has 0 bridgehead atoms. The molecule has 1 heterocycles. The van der Waals surface area contributed by atoms with Gasteiger partial charge in [0.2, 0.25) is 0 Å². The summed E-state index contributed by atoms with van der Waals surface area (Å²) < 4.78 is 53.3. The zero-order chi connectivity index (χ0) is 25.8. The monoisotopic (exact) mass is 621 g/mol. The van der Waals surface area contributed by atoms with Crippen molar-refractivity contribution in [2.75, 3.05) is 10.6 Å². The number of benzene rings is 2. The van der Waals surface area contributed by atoms with E-state index in [-0.39, 0.29) is 31.5 Å². The lowest BCUT2D eigenvalue weighted by Crippen LogP contribution is -2.35. The summed E-state index contributed by atoms with van der Waals surface area (Å²) in [5, 5.41) is 4.74. The van der Waals surface area contributed by atoms with Gasteiger partial charge in [0.25, 0.3) is 20.0 Å². The predicted molar refractivity (Wildman–Crippen MR) is 134 cm³/mol. The van der Waals surface area contributed by atoms with Crippen LogP contribution in [0.1, 0.15) is 0 Å². The van der Waals surface area contributed by atoms with Crippen LogP contribution in [0.2, 0.25) is 10.0 Å². The largest absolute Gasteiger partial charge is 0.334 e. The van der Waals surface area contributed by atoms with Gasteiger partial charge in [-0.25, -0.2) is 40.9 Å². The molecule has 16 heteroatoms. The summed E-state index contributed by atoms with van der Waals surface area (Å²) in [6, 6.07) is 10.9. The van der Waals surface area contributed by atoms with Gasteiger partial charge < -0.3 is 0 Å². The number of amides is 4. The third-order valence-electron chi connectivity index (χ3n) is 3.94. The molecule has 0 aliphatic heterocycles. The van der Waals surface area contributed by atoms with Gasteiger partial charge in [-0.05, 0) is 48.5 Å². The molecule has 35 heavy (non-hydrogen) atoms. The van der Waals surface area contributed by atoms with Crippen molar-refractivity contribution in [3.8, 4) is 0 Å². The maximum Gasteiger partial charge on any atom is 0.334 e. The average molecular weight is 623 g/mol. The fourth-order valence-corrected chi connectivity index (χ4v) is 5.39. The van der Waals surface area contributed by atoms with Gasteiger partial charge in [-0.1, -0.05) is 51.3 Å². The van der Waals surface area contributed by atoms with Crippen LogP contribution < -0.4 is 20.1 Å². The number of hydrogen-bond donors (Lipinski definition) is 4. The topological polar surface area (TPSA) is 163 Å². The van der Waals surface area contributed by atoms with Crippen molar-refractivity contribution in [1.82, 2.24) is 14.4 Å². The third kappa shape index (κ3) is 7.53. The Hall–Kier alpha value is -2.91. The van der Waals surface area contributed by atoms with Crippen molar-refractivity contribution >= 4 is 82.9 Å². The minimum Gasteiger partial charge on any atom is -0.291 e. The fraction of sp³-hybridized carbons (Fsp3) is 0. The number of pyridine rings is 1. The fourth-order valence-electron chi connectivity index (χ4n) is 2.54. The Balaban J connectivity index is 1.69. The van der Waals surface area contributed by atoms with E-state index in [0.29, 0.717) is 4.47 Å². The minimum absolute atomic E-state index is 0.160. The molecule has 184 valence electrons. The van der Waals surface area contributed by atoms with Crippen molar-refractivity contribution in [2.45, 2.75) is 9.79 Å². The number of rotatable bonds is 6. The molecule has 0 saturated carbocycles.